The van der Waals surface area contributed by atoms with Gasteiger partial charge in [0.2, 0.25) is 5.91 Å². The SMILES string of the molecule is CCN(CC)CCCC(=O)Nc1ccccc1N. The molecule has 1 aromatic rings. The van der Waals surface area contributed by atoms with Crippen molar-refractivity contribution in [2.24, 2.45) is 0 Å². The van der Waals surface area contributed by atoms with E-state index >= 15 is 0 Å². The summed E-state index contributed by atoms with van der Waals surface area (Å²) in [7, 11) is 0. The number of nitrogens with one attached hydrogen (secondary N) is 1. The van der Waals surface area contributed by atoms with Crippen molar-refractivity contribution in [1.82, 2.24) is 4.90 Å². The molecule has 0 aliphatic heterocycles. The Morgan fingerprint density at radius 2 is 1.94 bits per heavy atom. The Labute approximate surface area is 109 Å². The van der Waals surface area contributed by atoms with Gasteiger partial charge in [-0.05, 0) is 38.2 Å². The summed E-state index contributed by atoms with van der Waals surface area (Å²) in [6.07, 6.45) is 1.41. The summed E-state index contributed by atoms with van der Waals surface area (Å²) in [6, 6.07) is 7.32. The van der Waals surface area contributed by atoms with E-state index in [9.17, 15) is 4.79 Å². The quantitative estimate of drug-likeness (QED) is 0.729. The van der Waals surface area contributed by atoms with E-state index in [4.69, 9.17) is 5.73 Å². The highest BCUT2D eigenvalue weighted by molar-refractivity contribution is 5.93. The third kappa shape index (κ3) is 4.75. The molecule has 0 fully saturated rings. The summed E-state index contributed by atoms with van der Waals surface area (Å²) < 4.78 is 0. The van der Waals surface area contributed by atoms with Crippen LogP contribution in [-0.2, 0) is 4.79 Å². The van der Waals surface area contributed by atoms with Crippen LogP contribution in [0, 0.1) is 0 Å². The Kier molecular flexibility index (Phi) is 6.22. The van der Waals surface area contributed by atoms with Crippen molar-refractivity contribution < 1.29 is 4.79 Å². The lowest BCUT2D eigenvalue weighted by molar-refractivity contribution is -0.116. The van der Waals surface area contributed by atoms with Crippen LogP contribution < -0.4 is 11.1 Å². The highest BCUT2D eigenvalue weighted by Crippen LogP contribution is 2.16. The zero-order valence-electron chi connectivity index (χ0n) is 11.3. The molecule has 0 aromatic heterocycles. The topological polar surface area (TPSA) is 58.4 Å². The lowest BCUT2D eigenvalue weighted by atomic mass is 10.2. The molecule has 1 rings (SSSR count). The number of rotatable bonds is 7. The molecule has 0 heterocycles. The first-order valence-electron chi connectivity index (χ1n) is 6.54. The molecule has 4 heteroatoms. The van der Waals surface area contributed by atoms with Crippen LogP contribution in [0.2, 0.25) is 0 Å². The number of benzene rings is 1. The Hall–Kier alpha value is -1.55. The Morgan fingerprint density at radius 1 is 1.28 bits per heavy atom. The minimum Gasteiger partial charge on any atom is -0.397 e. The molecule has 18 heavy (non-hydrogen) atoms. The Bertz CT molecular complexity index is 375. The van der Waals surface area contributed by atoms with Crippen molar-refractivity contribution in [3.8, 4) is 0 Å². The number of anilines is 2. The van der Waals surface area contributed by atoms with E-state index < -0.39 is 0 Å². The van der Waals surface area contributed by atoms with Gasteiger partial charge in [-0.15, -0.1) is 0 Å². The number of nitrogens with two attached hydrogens (primary N) is 1. The summed E-state index contributed by atoms with van der Waals surface area (Å²) >= 11 is 0. The summed E-state index contributed by atoms with van der Waals surface area (Å²) in [5.41, 5.74) is 7.07. The maximum atomic E-state index is 11.7. The number of carbonyl (C=O) groups is 1. The second-order valence-corrected chi connectivity index (χ2v) is 4.27. The molecule has 0 saturated heterocycles. The van der Waals surface area contributed by atoms with Crippen molar-refractivity contribution in [1.29, 1.82) is 0 Å². The first-order valence-corrected chi connectivity index (χ1v) is 6.54. The molecule has 0 spiro atoms. The van der Waals surface area contributed by atoms with Crippen LogP contribution in [0.1, 0.15) is 26.7 Å². The fourth-order valence-corrected chi connectivity index (χ4v) is 1.83. The number of hydrogen-bond donors (Lipinski definition) is 2. The first kappa shape index (κ1) is 14.5. The lowest BCUT2D eigenvalue weighted by Crippen LogP contribution is -2.25. The molecule has 3 N–H and O–H groups in total. The number of nitrogen functional groups attached to an aromatic ring is 1. The summed E-state index contributed by atoms with van der Waals surface area (Å²) in [6.45, 7) is 7.29. The van der Waals surface area contributed by atoms with Crippen LogP contribution in [0.3, 0.4) is 0 Å². The summed E-state index contributed by atoms with van der Waals surface area (Å²) in [5.74, 6) is 0.0278. The maximum absolute atomic E-state index is 11.7. The molecule has 0 aliphatic rings. The van der Waals surface area contributed by atoms with Crippen molar-refractivity contribution in [2.75, 3.05) is 30.7 Å². The van der Waals surface area contributed by atoms with Crippen LogP contribution in [0.15, 0.2) is 24.3 Å². The van der Waals surface area contributed by atoms with Gasteiger partial charge in [0.25, 0.3) is 0 Å². The maximum Gasteiger partial charge on any atom is 0.224 e. The smallest absolute Gasteiger partial charge is 0.224 e. The van der Waals surface area contributed by atoms with Crippen LogP contribution in [0.25, 0.3) is 0 Å². The Morgan fingerprint density at radius 3 is 2.56 bits per heavy atom. The van der Waals surface area contributed by atoms with Gasteiger partial charge in [0, 0.05) is 6.42 Å². The van der Waals surface area contributed by atoms with E-state index in [1.807, 2.05) is 18.2 Å². The first-order chi connectivity index (χ1) is 8.67. The highest BCUT2D eigenvalue weighted by atomic mass is 16.1. The van der Waals surface area contributed by atoms with Gasteiger partial charge in [0.1, 0.15) is 0 Å². The number of amides is 1. The van der Waals surface area contributed by atoms with Gasteiger partial charge in [0.05, 0.1) is 11.4 Å². The molecule has 0 atom stereocenters. The normalized spacial score (nSPS) is 10.6. The molecule has 0 aliphatic carbocycles. The zero-order chi connectivity index (χ0) is 13.4. The predicted molar refractivity (Wildman–Crippen MR) is 76.5 cm³/mol. The number of hydrogen-bond acceptors (Lipinski definition) is 3. The predicted octanol–water partition coefficient (Wildman–Crippen LogP) is 2.33. The molecule has 0 unspecified atom stereocenters. The molecule has 0 radical (unpaired) electrons. The summed E-state index contributed by atoms with van der Waals surface area (Å²) in [4.78, 5) is 14.0. The molecule has 0 saturated carbocycles. The molecular weight excluding hydrogens is 226 g/mol. The van der Waals surface area contributed by atoms with Crippen molar-refractivity contribution in [3.05, 3.63) is 24.3 Å². The van der Waals surface area contributed by atoms with Gasteiger partial charge < -0.3 is 16.0 Å². The number of para-hydroxylation sites is 2. The van der Waals surface area contributed by atoms with E-state index in [0.717, 1.165) is 26.1 Å². The van der Waals surface area contributed by atoms with Crippen LogP contribution in [-0.4, -0.2) is 30.4 Å². The average Bonchev–Trinajstić information content (AvgIpc) is 2.37. The van der Waals surface area contributed by atoms with E-state index in [-0.39, 0.29) is 5.91 Å². The molecule has 1 amide bonds. The van der Waals surface area contributed by atoms with Crippen LogP contribution >= 0.6 is 0 Å². The number of nitrogens with zero attached hydrogens (tertiary/aromatic N) is 1. The van der Waals surface area contributed by atoms with E-state index in [1.54, 1.807) is 6.07 Å². The van der Waals surface area contributed by atoms with E-state index in [1.165, 1.54) is 0 Å². The molecular formula is C14H23N3O. The lowest BCUT2D eigenvalue weighted by Gasteiger charge is -2.17. The van der Waals surface area contributed by atoms with E-state index in [2.05, 4.69) is 24.1 Å². The minimum absolute atomic E-state index is 0.0278. The molecule has 0 bridgehead atoms. The van der Waals surface area contributed by atoms with Gasteiger partial charge in [-0.1, -0.05) is 26.0 Å². The van der Waals surface area contributed by atoms with Crippen LogP contribution in [0.4, 0.5) is 11.4 Å². The van der Waals surface area contributed by atoms with Gasteiger partial charge >= 0.3 is 0 Å². The second kappa shape index (κ2) is 7.71. The van der Waals surface area contributed by atoms with Crippen molar-refractivity contribution >= 4 is 17.3 Å². The third-order valence-electron chi connectivity index (χ3n) is 3.01. The molecule has 1 aromatic carbocycles. The average molecular weight is 249 g/mol. The largest absolute Gasteiger partial charge is 0.397 e. The molecule has 4 nitrogen and oxygen atoms in total. The Balaban J connectivity index is 2.32. The van der Waals surface area contributed by atoms with Crippen molar-refractivity contribution in [2.45, 2.75) is 26.7 Å². The fourth-order valence-electron chi connectivity index (χ4n) is 1.83. The van der Waals surface area contributed by atoms with Gasteiger partial charge in [-0.25, -0.2) is 0 Å². The van der Waals surface area contributed by atoms with Crippen molar-refractivity contribution in [3.63, 3.8) is 0 Å². The van der Waals surface area contributed by atoms with Gasteiger partial charge in [-0.2, -0.15) is 0 Å². The molecule has 100 valence electrons. The fraction of sp³-hybridized carbons (Fsp3) is 0.500. The second-order valence-electron chi connectivity index (χ2n) is 4.27. The van der Waals surface area contributed by atoms with Crippen LogP contribution in [0.5, 0.6) is 0 Å². The third-order valence-corrected chi connectivity index (χ3v) is 3.01. The van der Waals surface area contributed by atoms with Gasteiger partial charge in [-0.3, -0.25) is 4.79 Å². The minimum atomic E-state index is 0.0278. The number of carbonyl (C=O) groups excluding carboxylic acids is 1. The zero-order valence-corrected chi connectivity index (χ0v) is 11.3. The van der Waals surface area contributed by atoms with E-state index in [0.29, 0.717) is 17.8 Å². The van der Waals surface area contributed by atoms with Gasteiger partial charge in [0.15, 0.2) is 0 Å². The highest BCUT2D eigenvalue weighted by Gasteiger charge is 2.05. The monoisotopic (exact) mass is 249 g/mol. The summed E-state index contributed by atoms with van der Waals surface area (Å²) in [5, 5.41) is 2.84. The standard InChI is InChI=1S/C14H23N3O/c1-3-17(4-2)11-7-10-14(18)16-13-9-6-5-8-12(13)15/h5-6,8-9H,3-4,7,10-11,15H2,1-2H3,(H,16,18).